The Kier molecular flexibility index (Phi) is 5.63. The van der Waals surface area contributed by atoms with E-state index in [4.69, 9.17) is 9.15 Å². The summed E-state index contributed by atoms with van der Waals surface area (Å²) in [4.78, 5) is 11.8. The second kappa shape index (κ2) is 7.50. The van der Waals surface area contributed by atoms with Crippen molar-refractivity contribution in [2.24, 2.45) is 0 Å². The van der Waals surface area contributed by atoms with E-state index in [1.807, 2.05) is 0 Å². The van der Waals surface area contributed by atoms with Gasteiger partial charge in [-0.2, -0.15) is 4.31 Å². The van der Waals surface area contributed by atoms with Gasteiger partial charge in [-0.1, -0.05) is 0 Å². The molecule has 0 aliphatic carbocycles. The van der Waals surface area contributed by atoms with Gasteiger partial charge >= 0.3 is 0 Å². The quantitative estimate of drug-likeness (QED) is 0.821. The highest BCUT2D eigenvalue weighted by Crippen LogP contribution is 2.28. The topological polar surface area (TPSA) is 88.8 Å². The Morgan fingerprint density at radius 1 is 1.33 bits per heavy atom. The third-order valence-corrected chi connectivity index (χ3v) is 5.20. The molecule has 24 heavy (non-hydrogen) atoms. The van der Waals surface area contributed by atoms with Gasteiger partial charge in [-0.3, -0.25) is 4.79 Å². The molecule has 2 aromatic rings. The summed E-state index contributed by atoms with van der Waals surface area (Å²) >= 11 is 0. The lowest BCUT2D eigenvalue weighted by molar-refractivity contribution is 0.0963. The van der Waals surface area contributed by atoms with Crippen LogP contribution in [0.4, 0.5) is 0 Å². The second-order valence-corrected chi connectivity index (χ2v) is 7.03. The maximum absolute atomic E-state index is 12.9. The summed E-state index contributed by atoms with van der Waals surface area (Å²) < 4.78 is 37.5. The number of carbonyl (C=O) groups excluding carboxylic acids is 1. The summed E-state index contributed by atoms with van der Waals surface area (Å²) in [5.74, 6) is 0.348. The first-order chi connectivity index (χ1) is 11.4. The molecule has 1 amide bonds. The van der Waals surface area contributed by atoms with Gasteiger partial charge in [0, 0.05) is 19.7 Å². The Bertz CT molecular complexity index is 800. The van der Waals surface area contributed by atoms with Crippen molar-refractivity contribution in [3.05, 3.63) is 47.9 Å². The summed E-state index contributed by atoms with van der Waals surface area (Å²) in [6.45, 7) is 2.14. The fraction of sp³-hybridized carbons (Fsp3) is 0.312. The van der Waals surface area contributed by atoms with Crippen molar-refractivity contribution in [3.63, 3.8) is 0 Å². The van der Waals surface area contributed by atoms with Crippen molar-refractivity contribution in [2.75, 3.05) is 20.7 Å². The lowest BCUT2D eigenvalue weighted by Crippen LogP contribution is -2.27. The van der Waals surface area contributed by atoms with Gasteiger partial charge in [-0.25, -0.2) is 8.42 Å². The van der Waals surface area contributed by atoms with E-state index in [-0.39, 0.29) is 28.7 Å². The molecule has 7 nitrogen and oxygen atoms in total. The highest BCUT2D eigenvalue weighted by atomic mass is 32.2. The third kappa shape index (κ3) is 3.77. The van der Waals surface area contributed by atoms with Crippen molar-refractivity contribution >= 4 is 15.9 Å². The second-order valence-electron chi connectivity index (χ2n) is 5.01. The van der Waals surface area contributed by atoms with E-state index in [0.717, 1.165) is 4.31 Å². The van der Waals surface area contributed by atoms with Crippen LogP contribution in [0.1, 0.15) is 23.0 Å². The zero-order valence-corrected chi connectivity index (χ0v) is 14.6. The molecule has 0 radical (unpaired) electrons. The predicted molar refractivity (Wildman–Crippen MR) is 88.4 cm³/mol. The van der Waals surface area contributed by atoms with Crippen LogP contribution in [0.15, 0.2) is 45.9 Å². The van der Waals surface area contributed by atoms with E-state index in [0.29, 0.717) is 12.4 Å². The molecule has 8 heteroatoms. The van der Waals surface area contributed by atoms with Gasteiger partial charge in [0.25, 0.3) is 5.91 Å². The minimum absolute atomic E-state index is 0.0560. The van der Waals surface area contributed by atoms with Crippen LogP contribution in [0.5, 0.6) is 5.75 Å². The number of rotatable bonds is 7. The molecular weight excluding hydrogens is 332 g/mol. The fourth-order valence-corrected chi connectivity index (χ4v) is 3.43. The molecule has 0 atom stereocenters. The minimum Gasteiger partial charge on any atom is -0.492 e. The number of benzene rings is 1. The lowest BCUT2D eigenvalue weighted by Gasteiger charge is -2.19. The maximum Gasteiger partial charge on any atom is 0.251 e. The molecule has 0 fully saturated rings. The van der Waals surface area contributed by atoms with Gasteiger partial charge < -0.3 is 14.5 Å². The molecule has 2 rings (SSSR count). The normalized spacial score (nSPS) is 11.5. The molecule has 0 aliphatic rings. The van der Waals surface area contributed by atoms with E-state index in [1.54, 1.807) is 19.1 Å². The molecular formula is C16H20N2O5S. The highest BCUT2D eigenvalue weighted by Gasteiger charge is 2.27. The molecule has 0 unspecified atom stereocenters. The Hall–Kier alpha value is -2.32. The highest BCUT2D eigenvalue weighted by molar-refractivity contribution is 7.89. The van der Waals surface area contributed by atoms with Crippen LogP contribution in [0, 0.1) is 0 Å². The smallest absolute Gasteiger partial charge is 0.251 e. The van der Waals surface area contributed by atoms with Crippen molar-refractivity contribution in [1.29, 1.82) is 0 Å². The van der Waals surface area contributed by atoms with E-state index >= 15 is 0 Å². The first-order valence-corrected chi connectivity index (χ1v) is 8.81. The van der Waals surface area contributed by atoms with E-state index in [1.165, 1.54) is 38.6 Å². The molecule has 1 N–H and O–H groups in total. The summed E-state index contributed by atoms with van der Waals surface area (Å²) in [6, 6.07) is 7.71. The molecule has 0 bridgehead atoms. The summed E-state index contributed by atoms with van der Waals surface area (Å²) in [5, 5.41) is 2.47. The van der Waals surface area contributed by atoms with E-state index in [2.05, 4.69) is 5.32 Å². The predicted octanol–water partition coefficient (Wildman–Crippen LogP) is 1.86. The average Bonchev–Trinajstić information content (AvgIpc) is 3.07. The first-order valence-electron chi connectivity index (χ1n) is 7.37. The minimum atomic E-state index is -3.86. The van der Waals surface area contributed by atoms with Gasteiger partial charge in [0.05, 0.1) is 19.4 Å². The fourth-order valence-electron chi connectivity index (χ4n) is 2.14. The Labute approximate surface area is 141 Å². The van der Waals surface area contributed by atoms with Crippen LogP contribution in [-0.2, 0) is 16.6 Å². The summed E-state index contributed by atoms with van der Waals surface area (Å²) in [7, 11) is -0.937. The number of sulfonamides is 1. The van der Waals surface area contributed by atoms with Crippen molar-refractivity contribution in [3.8, 4) is 5.75 Å². The van der Waals surface area contributed by atoms with Gasteiger partial charge in [-0.05, 0) is 37.3 Å². The number of amides is 1. The van der Waals surface area contributed by atoms with Gasteiger partial charge in [-0.15, -0.1) is 0 Å². The standard InChI is InChI=1S/C16H20N2O5S/c1-4-22-14-8-7-12(16(19)17-2)10-15(14)24(20,21)18(3)11-13-6-5-9-23-13/h5-10H,4,11H2,1-3H3,(H,17,19). The lowest BCUT2D eigenvalue weighted by atomic mass is 10.2. The molecule has 0 saturated heterocycles. The van der Waals surface area contributed by atoms with Crippen molar-refractivity contribution in [1.82, 2.24) is 9.62 Å². The van der Waals surface area contributed by atoms with Gasteiger partial charge in [0.15, 0.2) is 0 Å². The van der Waals surface area contributed by atoms with Crippen molar-refractivity contribution in [2.45, 2.75) is 18.4 Å². The Morgan fingerprint density at radius 3 is 2.67 bits per heavy atom. The maximum atomic E-state index is 12.9. The zero-order valence-electron chi connectivity index (χ0n) is 13.8. The van der Waals surface area contributed by atoms with Crippen LogP contribution in [0.2, 0.25) is 0 Å². The number of ether oxygens (including phenoxy) is 1. The van der Waals surface area contributed by atoms with Crippen LogP contribution >= 0.6 is 0 Å². The van der Waals surface area contributed by atoms with Crippen LogP contribution in [0.25, 0.3) is 0 Å². The van der Waals surface area contributed by atoms with E-state index < -0.39 is 10.0 Å². The number of furan rings is 1. The third-order valence-electron chi connectivity index (χ3n) is 3.38. The first kappa shape index (κ1) is 18.0. The molecule has 0 aliphatic heterocycles. The molecule has 1 aromatic carbocycles. The van der Waals surface area contributed by atoms with Crippen LogP contribution in [-0.4, -0.2) is 39.3 Å². The Morgan fingerprint density at radius 2 is 2.08 bits per heavy atom. The Balaban J connectivity index is 2.43. The number of nitrogens with zero attached hydrogens (tertiary/aromatic N) is 1. The number of nitrogens with one attached hydrogen (secondary N) is 1. The molecule has 130 valence electrons. The van der Waals surface area contributed by atoms with E-state index in [9.17, 15) is 13.2 Å². The van der Waals surface area contributed by atoms with Crippen molar-refractivity contribution < 1.29 is 22.4 Å². The molecule has 0 spiro atoms. The van der Waals surface area contributed by atoms with Crippen LogP contribution < -0.4 is 10.1 Å². The summed E-state index contributed by atoms with van der Waals surface area (Å²) in [6.07, 6.45) is 1.48. The summed E-state index contributed by atoms with van der Waals surface area (Å²) in [5.41, 5.74) is 0.242. The monoisotopic (exact) mass is 352 g/mol. The van der Waals surface area contributed by atoms with Gasteiger partial charge in [0.2, 0.25) is 10.0 Å². The van der Waals surface area contributed by atoms with Crippen LogP contribution in [0.3, 0.4) is 0 Å². The average molecular weight is 352 g/mol. The molecule has 1 aromatic heterocycles. The largest absolute Gasteiger partial charge is 0.492 e. The zero-order chi connectivity index (χ0) is 17.7. The number of hydrogen-bond acceptors (Lipinski definition) is 5. The van der Waals surface area contributed by atoms with Gasteiger partial charge in [0.1, 0.15) is 16.4 Å². The number of carbonyl (C=O) groups is 1. The number of hydrogen-bond donors (Lipinski definition) is 1. The molecule has 1 heterocycles. The molecule has 0 saturated carbocycles. The SMILES string of the molecule is CCOc1ccc(C(=O)NC)cc1S(=O)(=O)N(C)Cc1ccco1.